The van der Waals surface area contributed by atoms with E-state index >= 15 is 0 Å². The van der Waals surface area contributed by atoms with Crippen LogP contribution in [0.1, 0.15) is 6.42 Å². The van der Waals surface area contributed by atoms with E-state index in [-0.39, 0.29) is 6.08 Å². The van der Waals surface area contributed by atoms with Gasteiger partial charge in [0.2, 0.25) is 0 Å². The Bertz CT molecular complexity index is 229. The molecular weight excluding hydrogens is 179 g/mol. The van der Waals surface area contributed by atoms with Gasteiger partial charge in [0.1, 0.15) is 0 Å². The molecule has 0 aromatic heterocycles. The van der Waals surface area contributed by atoms with Gasteiger partial charge in [0.15, 0.2) is 0 Å². The van der Waals surface area contributed by atoms with Gasteiger partial charge in [-0.1, -0.05) is 12.2 Å². The summed E-state index contributed by atoms with van der Waals surface area (Å²) in [5.74, 6) is -3.36. The molecule has 1 aliphatic carbocycles. The van der Waals surface area contributed by atoms with Crippen molar-refractivity contribution in [3.8, 4) is 0 Å². The molecule has 0 N–H and O–H groups in total. The van der Waals surface area contributed by atoms with Crippen LogP contribution in [0.15, 0.2) is 23.8 Å². The smallest absolute Gasteiger partial charge is 0.202 e. The third-order valence-corrected chi connectivity index (χ3v) is 1.38. The summed E-state index contributed by atoms with van der Waals surface area (Å²) in [5.41, 5.74) is -1.28. The Kier molecular flexibility index (Phi) is 1.97. The molecule has 0 saturated heterocycles. The number of allylic oxidation sites excluding steroid dienone is 4. The fraction of sp³-hybridized carbons (Fsp3) is 0.429. The van der Waals surface area contributed by atoms with Crippen LogP contribution in [-0.2, 0) is 0 Å². The van der Waals surface area contributed by atoms with Crippen molar-refractivity contribution < 1.29 is 22.0 Å². The third kappa shape index (κ3) is 2.06. The molecule has 0 aliphatic heterocycles. The Labute approximate surface area is 65.4 Å². The summed E-state index contributed by atoms with van der Waals surface area (Å²) in [4.78, 5) is 0. The minimum Gasteiger partial charge on any atom is -0.202 e. The van der Waals surface area contributed by atoms with Gasteiger partial charge in [-0.15, -0.1) is 0 Å². The van der Waals surface area contributed by atoms with Gasteiger partial charge < -0.3 is 0 Å². The molecule has 0 spiro atoms. The molecule has 1 rings (SSSR count). The second-order valence-corrected chi connectivity index (χ2v) is 2.46. The molecule has 0 bridgehead atoms. The standard InChI is InChI=1S/C7H5F5/c8-6(9)3-1-2-5(4-6)7(10,11)12/h1-2,4H,3H2. The summed E-state index contributed by atoms with van der Waals surface area (Å²) in [6.45, 7) is 0. The lowest BCUT2D eigenvalue weighted by Crippen LogP contribution is -2.20. The quantitative estimate of drug-likeness (QED) is 0.507. The van der Waals surface area contributed by atoms with Crippen molar-refractivity contribution in [2.24, 2.45) is 0 Å². The van der Waals surface area contributed by atoms with Gasteiger partial charge in [-0.05, 0) is 6.08 Å². The van der Waals surface area contributed by atoms with Crippen molar-refractivity contribution in [1.29, 1.82) is 0 Å². The fourth-order valence-electron chi connectivity index (χ4n) is 0.854. The van der Waals surface area contributed by atoms with Crippen molar-refractivity contribution in [3.05, 3.63) is 23.8 Å². The van der Waals surface area contributed by atoms with Crippen LogP contribution in [0.5, 0.6) is 0 Å². The van der Waals surface area contributed by atoms with E-state index in [1.807, 2.05) is 0 Å². The summed E-state index contributed by atoms with van der Waals surface area (Å²) in [5, 5.41) is 0. The maximum Gasteiger partial charge on any atom is 0.416 e. The second kappa shape index (κ2) is 2.57. The molecule has 5 heteroatoms. The Morgan fingerprint density at radius 2 is 1.83 bits per heavy atom. The van der Waals surface area contributed by atoms with Crippen molar-refractivity contribution in [2.75, 3.05) is 0 Å². The van der Waals surface area contributed by atoms with E-state index in [2.05, 4.69) is 0 Å². The normalized spacial score (nSPS) is 22.2. The first kappa shape index (κ1) is 9.22. The molecule has 0 fully saturated rings. The van der Waals surface area contributed by atoms with Crippen LogP contribution in [0.4, 0.5) is 22.0 Å². The summed E-state index contributed by atoms with van der Waals surface area (Å²) in [6, 6.07) is 0. The highest BCUT2D eigenvalue weighted by atomic mass is 19.4. The number of halogens is 5. The highest BCUT2D eigenvalue weighted by Gasteiger charge is 2.38. The lowest BCUT2D eigenvalue weighted by Gasteiger charge is -2.17. The van der Waals surface area contributed by atoms with Gasteiger partial charge in [-0.3, -0.25) is 0 Å². The average molecular weight is 184 g/mol. The van der Waals surface area contributed by atoms with Crippen molar-refractivity contribution in [1.82, 2.24) is 0 Å². The van der Waals surface area contributed by atoms with Crippen LogP contribution in [-0.4, -0.2) is 12.1 Å². The first-order chi connectivity index (χ1) is 5.31. The predicted molar refractivity (Wildman–Crippen MR) is 32.8 cm³/mol. The predicted octanol–water partition coefficient (Wildman–Crippen LogP) is 3.07. The highest BCUT2D eigenvalue weighted by Crippen LogP contribution is 2.34. The highest BCUT2D eigenvalue weighted by molar-refractivity contribution is 5.30. The molecule has 0 aromatic rings. The Morgan fingerprint density at radius 1 is 1.25 bits per heavy atom. The SMILES string of the molecule is FC1(F)C=C(C(F)(F)F)C=CC1. The van der Waals surface area contributed by atoms with Gasteiger partial charge in [-0.25, -0.2) is 8.78 Å². The van der Waals surface area contributed by atoms with E-state index in [9.17, 15) is 22.0 Å². The minimum absolute atomic E-state index is 0.0486. The maximum atomic E-state index is 12.4. The molecular formula is C7H5F5. The monoisotopic (exact) mass is 184 g/mol. The van der Waals surface area contributed by atoms with Crippen LogP contribution in [0, 0.1) is 0 Å². The molecule has 12 heavy (non-hydrogen) atoms. The molecule has 0 unspecified atom stereocenters. The van der Waals surface area contributed by atoms with Gasteiger partial charge in [-0.2, -0.15) is 13.2 Å². The van der Waals surface area contributed by atoms with Gasteiger partial charge in [0.05, 0.1) is 5.57 Å². The van der Waals surface area contributed by atoms with Gasteiger partial charge in [0, 0.05) is 6.42 Å². The summed E-state index contributed by atoms with van der Waals surface area (Å²) < 4.78 is 60.2. The lowest BCUT2D eigenvalue weighted by atomic mass is 10.0. The van der Waals surface area contributed by atoms with Gasteiger partial charge in [0.25, 0.3) is 5.92 Å². The Hall–Kier alpha value is -0.870. The molecule has 0 nitrogen and oxygen atoms in total. The van der Waals surface area contributed by atoms with Crippen LogP contribution >= 0.6 is 0 Å². The number of hydrogen-bond acceptors (Lipinski definition) is 0. The van der Waals surface area contributed by atoms with Crippen LogP contribution < -0.4 is 0 Å². The molecule has 0 aromatic carbocycles. The summed E-state index contributed by atoms with van der Waals surface area (Å²) >= 11 is 0. The van der Waals surface area contributed by atoms with E-state index in [1.54, 1.807) is 0 Å². The lowest BCUT2D eigenvalue weighted by molar-refractivity contribution is -0.0915. The Balaban J connectivity index is 2.92. The van der Waals surface area contributed by atoms with E-state index in [4.69, 9.17) is 0 Å². The average Bonchev–Trinajstić information content (AvgIpc) is 1.83. The molecule has 0 saturated carbocycles. The first-order valence-corrected chi connectivity index (χ1v) is 3.16. The molecule has 1 aliphatic rings. The van der Waals surface area contributed by atoms with Crippen molar-refractivity contribution in [2.45, 2.75) is 18.5 Å². The molecule has 68 valence electrons. The zero-order valence-corrected chi connectivity index (χ0v) is 5.83. The zero-order chi connectivity index (χ0) is 9.41. The number of hydrogen-bond donors (Lipinski definition) is 0. The van der Waals surface area contributed by atoms with Crippen LogP contribution in [0.2, 0.25) is 0 Å². The summed E-state index contributed by atoms with van der Waals surface area (Å²) in [7, 11) is 0. The second-order valence-electron chi connectivity index (χ2n) is 2.46. The maximum absolute atomic E-state index is 12.4. The Morgan fingerprint density at radius 3 is 2.17 bits per heavy atom. The summed E-state index contributed by atoms with van der Waals surface area (Å²) in [6.07, 6.45) is -3.90. The van der Waals surface area contributed by atoms with Crippen molar-refractivity contribution in [3.63, 3.8) is 0 Å². The zero-order valence-electron chi connectivity index (χ0n) is 5.83. The first-order valence-electron chi connectivity index (χ1n) is 3.16. The molecule has 0 amide bonds. The molecule has 0 heterocycles. The van der Waals surface area contributed by atoms with E-state index in [0.717, 1.165) is 6.08 Å². The number of rotatable bonds is 0. The van der Waals surface area contributed by atoms with E-state index in [0.29, 0.717) is 6.08 Å². The van der Waals surface area contributed by atoms with E-state index in [1.165, 1.54) is 0 Å². The number of alkyl halides is 5. The fourth-order valence-corrected chi connectivity index (χ4v) is 0.854. The van der Waals surface area contributed by atoms with Crippen molar-refractivity contribution >= 4 is 0 Å². The van der Waals surface area contributed by atoms with Gasteiger partial charge >= 0.3 is 6.18 Å². The molecule has 0 radical (unpaired) electrons. The minimum atomic E-state index is -4.68. The van der Waals surface area contributed by atoms with Crippen LogP contribution in [0.3, 0.4) is 0 Å². The van der Waals surface area contributed by atoms with Crippen LogP contribution in [0.25, 0.3) is 0 Å². The topological polar surface area (TPSA) is 0 Å². The third-order valence-electron chi connectivity index (χ3n) is 1.38. The van der Waals surface area contributed by atoms with E-state index < -0.39 is 24.1 Å². The molecule has 0 atom stereocenters. The largest absolute Gasteiger partial charge is 0.416 e.